The van der Waals surface area contributed by atoms with Crippen molar-refractivity contribution >= 4 is 33.5 Å². The monoisotopic (exact) mass is 431 g/mol. The van der Waals surface area contributed by atoms with Crippen LogP contribution in [0.4, 0.5) is 5.69 Å². The average molecular weight is 432 g/mol. The predicted molar refractivity (Wildman–Crippen MR) is 101 cm³/mol. The van der Waals surface area contributed by atoms with E-state index in [0.29, 0.717) is 17.7 Å². The topological polar surface area (TPSA) is 114 Å². The maximum Gasteiger partial charge on any atom is 0.339 e. The highest BCUT2D eigenvalue weighted by molar-refractivity contribution is 9.10. The van der Waals surface area contributed by atoms with Crippen molar-refractivity contribution < 1.29 is 19.1 Å². The number of hydrogen-bond donors (Lipinski definition) is 2. The molecule has 0 fully saturated rings. The summed E-state index contributed by atoms with van der Waals surface area (Å²) in [5, 5.41) is 12.6. The summed E-state index contributed by atoms with van der Waals surface area (Å²) in [6, 6.07) is 5.48. The molecule has 1 aromatic carbocycles. The molecule has 0 bridgehead atoms. The van der Waals surface area contributed by atoms with Crippen LogP contribution in [0, 0.1) is 18.3 Å². The first-order chi connectivity index (χ1) is 12.8. The number of hydrogen-bond acceptors (Lipinski definition) is 6. The molecule has 0 saturated carbocycles. The van der Waals surface area contributed by atoms with Gasteiger partial charge in [-0.25, -0.2) is 4.79 Å². The second-order valence-corrected chi connectivity index (χ2v) is 7.03. The van der Waals surface area contributed by atoms with Crippen molar-refractivity contribution in [3.8, 4) is 6.07 Å². The van der Waals surface area contributed by atoms with Crippen molar-refractivity contribution in [1.82, 2.24) is 0 Å². The summed E-state index contributed by atoms with van der Waals surface area (Å²) in [6.45, 7) is 5.41. The number of rotatable bonds is 3. The number of nitrogens with two attached hydrogens (primary N) is 1. The Morgan fingerprint density at radius 3 is 2.74 bits per heavy atom. The minimum absolute atomic E-state index is 0.00410. The number of ether oxygens (including phenoxy) is 2. The Morgan fingerprint density at radius 1 is 1.44 bits per heavy atom. The number of carbonyl (C=O) groups is 2. The van der Waals surface area contributed by atoms with Gasteiger partial charge in [0.2, 0.25) is 11.8 Å². The fourth-order valence-electron chi connectivity index (χ4n) is 3.54. The highest BCUT2D eigenvalue weighted by Gasteiger charge is 2.60. The first kappa shape index (κ1) is 19.0. The van der Waals surface area contributed by atoms with Gasteiger partial charge in [0.15, 0.2) is 5.41 Å². The highest BCUT2D eigenvalue weighted by Crippen LogP contribution is 2.53. The van der Waals surface area contributed by atoms with Gasteiger partial charge in [-0.15, -0.1) is 0 Å². The molecule has 8 heteroatoms. The number of aryl methyl sites for hydroxylation is 1. The molecule has 3 rings (SSSR count). The Kier molecular flexibility index (Phi) is 4.74. The molecule has 1 amide bonds. The van der Waals surface area contributed by atoms with Crippen LogP contribution in [0.2, 0.25) is 0 Å². The summed E-state index contributed by atoms with van der Waals surface area (Å²) in [5.41, 5.74) is 5.98. The molecule has 7 nitrogen and oxygen atoms in total. The predicted octanol–water partition coefficient (Wildman–Crippen LogP) is 2.90. The van der Waals surface area contributed by atoms with E-state index in [9.17, 15) is 14.9 Å². The summed E-state index contributed by atoms with van der Waals surface area (Å²) in [6.07, 6.45) is 0.299. The Balaban J connectivity index is 2.44. The molecule has 0 radical (unpaired) electrons. The van der Waals surface area contributed by atoms with E-state index >= 15 is 0 Å². The van der Waals surface area contributed by atoms with Gasteiger partial charge in [0.05, 0.1) is 6.61 Å². The van der Waals surface area contributed by atoms with Gasteiger partial charge in [-0.3, -0.25) is 4.79 Å². The molecule has 2 aliphatic heterocycles. The molecule has 1 spiro atoms. The first-order valence-electron chi connectivity index (χ1n) is 8.43. The molecular formula is C19H18BrN3O4. The molecule has 140 valence electrons. The largest absolute Gasteiger partial charge is 0.462 e. The second-order valence-electron chi connectivity index (χ2n) is 6.18. The molecule has 0 aromatic heterocycles. The van der Waals surface area contributed by atoms with E-state index in [1.807, 2.05) is 13.0 Å². The van der Waals surface area contributed by atoms with Crippen molar-refractivity contribution in [3.05, 3.63) is 50.5 Å². The number of esters is 1. The average Bonchev–Trinajstić information content (AvgIpc) is 2.87. The van der Waals surface area contributed by atoms with E-state index in [1.54, 1.807) is 26.0 Å². The minimum Gasteiger partial charge on any atom is -0.462 e. The number of nitrogens with zero attached hydrogens (tertiary/aromatic N) is 1. The van der Waals surface area contributed by atoms with Gasteiger partial charge in [-0.2, -0.15) is 5.26 Å². The fraction of sp³-hybridized carbons (Fsp3) is 0.316. The summed E-state index contributed by atoms with van der Waals surface area (Å²) >= 11 is 3.44. The van der Waals surface area contributed by atoms with Gasteiger partial charge in [-0.05, 0) is 25.5 Å². The van der Waals surface area contributed by atoms with Crippen molar-refractivity contribution in [2.75, 3.05) is 11.9 Å². The number of nitriles is 1. The van der Waals surface area contributed by atoms with Crippen LogP contribution in [0.25, 0.3) is 0 Å². The van der Waals surface area contributed by atoms with Crippen LogP contribution in [0.3, 0.4) is 0 Å². The zero-order valence-corrected chi connectivity index (χ0v) is 16.7. The smallest absolute Gasteiger partial charge is 0.339 e. The maximum atomic E-state index is 13.3. The molecule has 3 N–H and O–H groups in total. The van der Waals surface area contributed by atoms with Crippen LogP contribution in [0.5, 0.6) is 0 Å². The molecule has 27 heavy (non-hydrogen) atoms. The molecule has 0 saturated heterocycles. The van der Waals surface area contributed by atoms with Crippen molar-refractivity contribution in [2.24, 2.45) is 5.73 Å². The number of benzene rings is 1. The first-order valence-corrected chi connectivity index (χ1v) is 9.23. The molecule has 1 unspecified atom stereocenters. The number of halogens is 1. The van der Waals surface area contributed by atoms with E-state index in [-0.39, 0.29) is 29.4 Å². The standard InChI is InChI=1S/C19H18BrN3O4/c1-4-14-15(17(24)26-5-2)19(11(8-21)16(22)27-14)10-6-9(3)12(20)7-13(10)23-18(19)25/h6-7H,4-5,22H2,1-3H3,(H,23,25). The summed E-state index contributed by atoms with van der Waals surface area (Å²) in [5.74, 6) is -1.22. The molecule has 1 atom stereocenters. The van der Waals surface area contributed by atoms with E-state index < -0.39 is 17.3 Å². The number of carbonyl (C=O) groups excluding carboxylic acids is 2. The van der Waals surface area contributed by atoms with E-state index in [1.165, 1.54) is 0 Å². The highest BCUT2D eigenvalue weighted by atomic mass is 79.9. The number of allylic oxidation sites excluding steroid dienone is 1. The van der Waals surface area contributed by atoms with Gasteiger partial charge >= 0.3 is 5.97 Å². The number of anilines is 1. The molecule has 0 aliphatic carbocycles. The van der Waals surface area contributed by atoms with Gasteiger partial charge in [-0.1, -0.05) is 28.9 Å². The Labute approximate surface area is 164 Å². The molecule has 2 heterocycles. The summed E-state index contributed by atoms with van der Waals surface area (Å²) in [7, 11) is 0. The molecule has 1 aromatic rings. The van der Waals surface area contributed by atoms with Gasteiger partial charge < -0.3 is 20.5 Å². The lowest BCUT2D eigenvalue weighted by Crippen LogP contribution is -2.46. The van der Waals surface area contributed by atoms with Crippen LogP contribution in [0.1, 0.15) is 31.4 Å². The van der Waals surface area contributed by atoms with E-state index in [4.69, 9.17) is 15.2 Å². The zero-order valence-electron chi connectivity index (χ0n) is 15.1. The lowest BCUT2D eigenvalue weighted by Gasteiger charge is -2.34. The van der Waals surface area contributed by atoms with Crippen LogP contribution >= 0.6 is 15.9 Å². The molecular weight excluding hydrogens is 414 g/mol. The van der Waals surface area contributed by atoms with E-state index in [0.717, 1.165) is 10.0 Å². The lowest BCUT2D eigenvalue weighted by atomic mass is 9.67. The summed E-state index contributed by atoms with van der Waals surface area (Å²) < 4.78 is 11.5. The Hall–Kier alpha value is -2.79. The van der Waals surface area contributed by atoms with Gasteiger partial charge in [0.25, 0.3) is 0 Å². The number of amides is 1. The third-order valence-electron chi connectivity index (χ3n) is 4.71. The SMILES string of the molecule is CCOC(=O)C1=C(CC)OC(N)=C(C#N)C12C(=O)Nc1cc(Br)c(C)cc12. The quantitative estimate of drug-likeness (QED) is 0.710. The van der Waals surface area contributed by atoms with Crippen LogP contribution in [-0.4, -0.2) is 18.5 Å². The normalized spacial score (nSPS) is 20.9. The minimum atomic E-state index is -1.70. The lowest BCUT2D eigenvalue weighted by molar-refractivity contribution is -0.140. The van der Waals surface area contributed by atoms with Crippen LogP contribution < -0.4 is 11.1 Å². The molecule has 2 aliphatic rings. The number of nitrogens with one attached hydrogen (secondary N) is 1. The van der Waals surface area contributed by atoms with Crippen molar-refractivity contribution in [2.45, 2.75) is 32.6 Å². The second kappa shape index (κ2) is 6.74. The van der Waals surface area contributed by atoms with Crippen LogP contribution in [-0.2, 0) is 24.5 Å². The van der Waals surface area contributed by atoms with E-state index in [2.05, 4.69) is 21.2 Å². The van der Waals surface area contributed by atoms with Crippen LogP contribution in [0.15, 0.2) is 39.4 Å². The Morgan fingerprint density at radius 2 is 2.15 bits per heavy atom. The fourth-order valence-corrected chi connectivity index (χ4v) is 3.89. The maximum absolute atomic E-state index is 13.3. The summed E-state index contributed by atoms with van der Waals surface area (Å²) in [4.78, 5) is 26.1. The van der Waals surface area contributed by atoms with Gasteiger partial charge in [0.1, 0.15) is 23.0 Å². The Bertz CT molecular complexity index is 974. The third kappa shape index (κ3) is 2.53. The number of fused-ring (bicyclic) bond motifs is 2. The zero-order chi connectivity index (χ0) is 19.9. The van der Waals surface area contributed by atoms with Gasteiger partial charge in [0, 0.05) is 22.1 Å². The van der Waals surface area contributed by atoms with Crippen molar-refractivity contribution in [3.63, 3.8) is 0 Å². The third-order valence-corrected chi connectivity index (χ3v) is 5.57. The van der Waals surface area contributed by atoms with Crippen molar-refractivity contribution in [1.29, 1.82) is 5.26 Å².